The van der Waals surface area contributed by atoms with Crippen molar-refractivity contribution in [3.8, 4) is 0 Å². The van der Waals surface area contributed by atoms with Crippen LogP contribution < -0.4 is 0 Å². The third-order valence-corrected chi connectivity index (χ3v) is 6.90. The lowest BCUT2D eigenvalue weighted by Gasteiger charge is -2.32. The van der Waals surface area contributed by atoms with Crippen LogP contribution in [-0.2, 0) is 16.3 Å². The van der Waals surface area contributed by atoms with E-state index in [4.69, 9.17) is 11.6 Å². The number of hydrogen-bond acceptors (Lipinski definition) is 3. The van der Waals surface area contributed by atoms with Gasteiger partial charge in [0, 0.05) is 19.3 Å². The number of rotatable bonds is 5. The normalized spacial score (nSPS) is 15.6. The molecule has 3 rings (SSSR count). The maximum Gasteiger partial charge on any atom is 0.255 e. The van der Waals surface area contributed by atoms with Crippen LogP contribution in [-0.4, -0.2) is 38.6 Å². The number of carbonyl (C=O) groups excluding carboxylic acids is 1. The van der Waals surface area contributed by atoms with Gasteiger partial charge in [0.1, 0.15) is 0 Å². The monoisotopic (exact) mass is 419 g/mol. The standard InChI is InChI=1S/C22H26ClNO3S/c1-16-3-5-17(6-4-16)7-8-18-11-13-24(14-12-18)22(25)20-15-19(28(2,26)27)9-10-21(20)23/h3-6,9-10,15,18H,7-8,11-14H2,1-2H3. The summed E-state index contributed by atoms with van der Waals surface area (Å²) in [6.45, 7) is 3.45. The number of sulfone groups is 1. The predicted molar refractivity (Wildman–Crippen MR) is 113 cm³/mol. The van der Waals surface area contributed by atoms with Gasteiger partial charge in [-0.1, -0.05) is 41.4 Å². The third-order valence-electron chi connectivity index (χ3n) is 5.46. The van der Waals surface area contributed by atoms with Crippen molar-refractivity contribution in [3.05, 3.63) is 64.2 Å². The Morgan fingerprint density at radius 1 is 1.11 bits per heavy atom. The maximum absolute atomic E-state index is 12.9. The average molecular weight is 420 g/mol. The minimum Gasteiger partial charge on any atom is -0.339 e. The van der Waals surface area contributed by atoms with Gasteiger partial charge in [-0.05, 0) is 62.3 Å². The van der Waals surface area contributed by atoms with Crippen LogP contribution in [0.15, 0.2) is 47.4 Å². The van der Waals surface area contributed by atoms with Gasteiger partial charge in [-0.25, -0.2) is 8.42 Å². The Morgan fingerprint density at radius 2 is 1.75 bits per heavy atom. The zero-order valence-corrected chi connectivity index (χ0v) is 17.9. The molecule has 28 heavy (non-hydrogen) atoms. The molecule has 1 amide bonds. The number of amides is 1. The van der Waals surface area contributed by atoms with Gasteiger partial charge in [0.15, 0.2) is 9.84 Å². The smallest absolute Gasteiger partial charge is 0.255 e. The molecule has 6 heteroatoms. The van der Waals surface area contributed by atoms with Crippen molar-refractivity contribution < 1.29 is 13.2 Å². The first-order valence-corrected chi connectivity index (χ1v) is 11.9. The predicted octanol–water partition coefficient (Wildman–Crippen LogP) is 4.54. The van der Waals surface area contributed by atoms with Crippen LogP contribution in [0.4, 0.5) is 0 Å². The summed E-state index contributed by atoms with van der Waals surface area (Å²) in [5.41, 5.74) is 2.89. The molecule has 2 aromatic rings. The quantitative estimate of drug-likeness (QED) is 0.715. The van der Waals surface area contributed by atoms with Crippen molar-refractivity contribution in [3.63, 3.8) is 0 Å². The van der Waals surface area contributed by atoms with Crippen molar-refractivity contribution in [1.29, 1.82) is 0 Å². The SMILES string of the molecule is Cc1ccc(CCC2CCN(C(=O)c3cc(S(C)(=O)=O)ccc3Cl)CC2)cc1. The minimum atomic E-state index is -3.38. The summed E-state index contributed by atoms with van der Waals surface area (Å²) in [4.78, 5) is 14.8. The highest BCUT2D eigenvalue weighted by Crippen LogP contribution is 2.27. The molecule has 1 fully saturated rings. The number of halogens is 1. The molecular weight excluding hydrogens is 394 g/mol. The van der Waals surface area contributed by atoms with Crippen molar-refractivity contribution in [1.82, 2.24) is 4.90 Å². The lowest BCUT2D eigenvalue weighted by Crippen LogP contribution is -2.38. The minimum absolute atomic E-state index is 0.119. The maximum atomic E-state index is 12.9. The van der Waals surface area contributed by atoms with Crippen LogP contribution in [0.1, 0.15) is 40.7 Å². The van der Waals surface area contributed by atoms with E-state index >= 15 is 0 Å². The summed E-state index contributed by atoms with van der Waals surface area (Å²) in [5, 5.41) is 0.291. The summed E-state index contributed by atoms with van der Waals surface area (Å²) in [5.74, 6) is 0.413. The number of likely N-dealkylation sites (tertiary alicyclic amines) is 1. The number of hydrogen-bond donors (Lipinski definition) is 0. The molecule has 1 aliphatic heterocycles. The van der Waals surface area contributed by atoms with Crippen molar-refractivity contribution in [2.24, 2.45) is 5.92 Å². The van der Waals surface area contributed by atoms with Crippen molar-refractivity contribution in [2.45, 2.75) is 37.5 Å². The molecule has 1 heterocycles. The molecule has 150 valence electrons. The lowest BCUT2D eigenvalue weighted by atomic mass is 9.90. The second-order valence-electron chi connectivity index (χ2n) is 7.67. The molecule has 0 unspecified atom stereocenters. The van der Waals surface area contributed by atoms with Gasteiger partial charge in [-0.2, -0.15) is 0 Å². The first-order valence-electron chi connectivity index (χ1n) is 9.58. The summed E-state index contributed by atoms with van der Waals surface area (Å²) >= 11 is 6.18. The molecule has 0 N–H and O–H groups in total. The van der Waals surface area contributed by atoms with Gasteiger partial charge in [0.25, 0.3) is 5.91 Å². The first-order chi connectivity index (χ1) is 13.2. The van der Waals surface area contributed by atoms with Gasteiger partial charge in [-0.15, -0.1) is 0 Å². The fourth-order valence-electron chi connectivity index (χ4n) is 3.62. The zero-order valence-electron chi connectivity index (χ0n) is 16.3. The highest BCUT2D eigenvalue weighted by atomic mass is 35.5. The average Bonchev–Trinajstić information content (AvgIpc) is 2.67. The summed E-state index contributed by atoms with van der Waals surface area (Å²) in [6, 6.07) is 13.0. The number of benzene rings is 2. The molecule has 0 saturated carbocycles. The van der Waals surface area contributed by atoms with Crippen molar-refractivity contribution >= 4 is 27.3 Å². The van der Waals surface area contributed by atoms with E-state index in [1.165, 1.54) is 29.3 Å². The third kappa shape index (κ3) is 5.15. The lowest BCUT2D eigenvalue weighted by molar-refractivity contribution is 0.0687. The number of carbonyl (C=O) groups is 1. The Bertz CT molecular complexity index is 946. The molecule has 0 bridgehead atoms. The molecule has 2 aromatic carbocycles. The van der Waals surface area contributed by atoms with E-state index in [0.717, 1.165) is 31.9 Å². The molecule has 0 radical (unpaired) electrons. The van der Waals surface area contributed by atoms with E-state index < -0.39 is 9.84 Å². The highest BCUT2D eigenvalue weighted by molar-refractivity contribution is 7.90. The van der Waals surface area contributed by atoms with Gasteiger partial charge in [0.2, 0.25) is 0 Å². The topological polar surface area (TPSA) is 54.5 Å². The number of nitrogens with zero attached hydrogens (tertiary/aromatic N) is 1. The van der Waals surface area contributed by atoms with E-state index in [-0.39, 0.29) is 16.4 Å². The number of piperidine rings is 1. The Hall–Kier alpha value is -1.85. The second-order valence-corrected chi connectivity index (χ2v) is 10.1. The Balaban J connectivity index is 1.59. The van der Waals surface area contributed by atoms with Crippen LogP contribution in [0.5, 0.6) is 0 Å². The van der Waals surface area contributed by atoms with E-state index in [0.29, 0.717) is 24.0 Å². The van der Waals surface area contributed by atoms with E-state index in [1.807, 2.05) is 0 Å². The summed E-state index contributed by atoms with van der Waals surface area (Å²) in [7, 11) is -3.38. The fraction of sp³-hybridized carbons (Fsp3) is 0.409. The largest absolute Gasteiger partial charge is 0.339 e. The molecule has 0 spiro atoms. The first kappa shape index (κ1) is 20.9. The van der Waals surface area contributed by atoms with Crippen LogP contribution in [0, 0.1) is 12.8 Å². The molecule has 1 aliphatic rings. The van der Waals surface area contributed by atoms with Crippen LogP contribution in [0.2, 0.25) is 5.02 Å². The van der Waals surface area contributed by atoms with Gasteiger partial charge < -0.3 is 4.90 Å². The Morgan fingerprint density at radius 3 is 2.36 bits per heavy atom. The van der Waals surface area contributed by atoms with E-state index in [2.05, 4.69) is 31.2 Å². The Labute approximate surface area is 172 Å². The molecule has 1 saturated heterocycles. The summed E-state index contributed by atoms with van der Waals surface area (Å²) in [6.07, 6.45) is 5.22. The summed E-state index contributed by atoms with van der Waals surface area (Å²) < 4.78 is 23.6. The van der Waals surface area contributed by atoms with Crippen LogP contribution >= 0.6 is 11.6 Å². The van der Waals surface area contributed by atoms with Gasteiger partial charge in [-0.3, -0.25) is 4.79 Å². The fourth-order valence-corrected chi connectivity index (χ4v) is 4.47. The number of aryl methyl sites for hydroxylation is 2. The molecule has 0 aromatic heterocycles. The second kappa shape index (κ2) is 8.66. The highest BCUT2D eigenvalue weighted by Gasteiger charge is 2.25. The molecule has 4 nitrogen and oxygen atoms in total. The molecule has 0 atom stereocenters. The van der Waals surface area contributed by atoms with Gasteiger partial charge in [0.05, 0.1) is 15.5 Å². The Kier molecular flexibility index (Phi) is 6.46. The van der Waals surface area contributed by atoms with Crippen molar-refractivity contribution in [2.75, 3.05) is 19.3 Å². The van der Waals surface area contributed by atoms with Crippen LogP contribution in [0.3, 0.4) is 0 Å². The van der Waals surface area contributed by atoms with Gasteiger partial charge >= 0.3 is 0 Å². The molecule has 0 aliphatic carbocycles. The molecular formula is C22H26ClNO3S. The van der Waals surface area contributed by atoms with E-state index in [9.17, 15) is 13.2 Å². The van der Waals surface area contributed by atoms with E-state index in [1.54, 1.807) is 4.90 Å². The zero-order chi connectivity index (χ0) is 20.3. The van der Waals surface area contributed by atoms with Crippen LogP contribution in [0.25, 0.3) is 0 Å².